The molecule has 20 heavy (non-hydrogen) atoms. The molecular weight excluding hydrogens is 250 g/mol. The smallest absolute Gasteiger partial charge is 0.230 e. The molecule has 0 aliphatic rings. The number of nitrogens with one attached hydrogen (secondary N) is 1. The summed E-state index contributed by atoms with van der Waals surface area (Å²) in [4.78, 5) is 12.5. The third-order valence-electron chi connectivity index (χ3n) is 3.60. The van der Waals surface area contributed by atoms with Gasteiger partial charge in [0, 0.05) is 0 Å². The zero-order valence-electron chi connectivity index (χ0n) is 12.4. The maximum Gasteiger partial charge on any atom is 0.230 e. The number of benzene rings is 1. The Morgan fingerprint density at radius 3 is 2.35 bits per heavy atom. The van der Waals surface area contributed by atoms with E-state index in [0.717, 1.165) is 17.1 Å². The molecule has 0 radical (unpaired) electrons. The molecule has 1 atom stereocenters. The van der Waals surface area contributed by atoms with Gasteiger partial charge in [-0.15, -0.1) is 0 Å². The third-order valence-corrected chi connectivity index (χ3v) is 3.60. The number of furan rings is 1. The second-order valence-corrected chi connectivity index (χ2v) is 5.63. The molecule has 0 aliphatic heterocycles. The molecule has 1 amide bonds. The van der Waals surface area contributed by atoms with Crippen molar-refractivity contribution in [2.24, 2.45) is 0 Å². The highest BCUT2D eigenvalue weighted by Gasteiger charge is 2.30. The molecular formula is C17H21NO2. The number of hydrogen-bond acceptors (Lipinski definition) is 2. The van der Waals surface area contributed by atoms with Crippen LogP contribution in [0.2, 0.25) is 0 Å². The third kappa shape index (κ3) is 2.93. The first kappa shape index (κ1) is 14.4. The number of carbonyl (C=O) groups excluding carboxylic acids is 1. The summed E-state index contributed by atoms with van der Waals surface area (Å²) in [5, 5.41) is 3.02. The van der Waals surface area contributed by atoms with Crippen molar-refractivity contribution in [3.63, 3.8) is 0 Å². The topological polar surface area (TPSA) is 42.2 Å². The summed E-state index contributed by atoms with van der Waals surface area (Å²) in [5.74, 6) is 1.62. The SMILES string of the molecule is Cc1ccc(C(C)NC(=O)C(C)(C)c2ccccc2)o1. The molecule has 2 rings (SSSR count). The first-order valence-corrected chi connectivity index (χ1v) is 6.84. The van der Waals surface area contributed by atoms with Gasteiger partial charge in [0.1, 0.15) is 11.5 Å². The van der Waals surface area contributed by atoms with Crippen LogP contribution in [0.25, 0.3) is 0 Å². The second-order valence-electron chi connectivity index (χ2n) is 5.63. The Kier molecular flexibility index (Phi) is 3.98. The Hall–Kier alpha value is -2.03. The number of rotatable bonds is 4. The van der Waals surface area contributed by atoms with Crippen molar-refractivity contribution in [1.82, 2.24) is 5.32 Å². The minimum atomic E-state index is -0.572. The quantitative estimate of drug-likeness (QED) is 0.920. The highest BCUT2D eigenvalue weighted by Crippen LogP contribution is 2.25. The predicted molar refractivity (Wildman–Crippen MR) is 79.5 cm³/mol. The molecule has 0 spiro atoms. The van der Waals surface area contributed by atoms with Gasteiger partial charge in [0.2, 0.25) is 5.91 Å². The standard InChI is InChI=1S/C17H21NO2/c1-12-10-11-15(20-12)13(2)18-16(19)17(3,4)14-8-6-5-7-9-14/h5-11,13H,1-4H3,(H,18,19). The van der Waals surface area contributed by atoms with Gasteiger partial charge in [-0.3, -0.25) is 4.79 Å². The normalized spacial score (nSPS) is 13.0. The van der Waals surface area contributed by atoms with E-state index in [-0.39, 0.29) is 11.9 Å². The van der Waals surface area contributed by atoms with Gasteiger partial charge in [-0.25, -0.2) is 0 Å². The van der Waals surface area contributed by atoms with E-state index in [4.69, 9.17) is 4.42 Å². The van der Waals surface area contributed by atoms with Gasteiger partial charge in [0.25, 0.3) is 0 Å². The average Bonchev–Trinajstić information content (AvgIpc) is 2.86. The Labute approximate surface area is 120 Å². The summed E-state index contributed by atoms with van der Waals surface area (Å²) in [7, 11) is 0. The molecule has 1 unspecified atom stereocenters. The molecule has 2 aromatic rings. The Morgan fingerprint density at radius 1 is 1.15 bits per heavy atom. The first-order valence-electron chi connectivity index (χ1n) is 6.84. The van der Waals surface area contributed by atoms with Crippen molar-refractivity contribution < 1.29 is 9.21 Å². The Balaban J connectivity index is 2.11. The van der Waals surface area contributed by atoms with Crippen LogP contribution < -0.4 is 5.32 Å². The van der Waals surface area contributed by atoms with E-state index in [0.29, 0.717) is 0 Å². The fourth-order valence-electron chi connectivity index (χ4n) is 2.12. The van der Waals surface area contributed by atoms with E-state index < -0.39 is 5.41 Å². The molecule has 1 aromatic heterocycles. The van der Waals surface area contributed by atoms with E-state index in [9.17, 15) is 4.79 Å². The van der Waals surface area contributed by atoms with Crippen molar-refractivity contribution in [2.45, 2.75) is 39.2 Å². The van der Waals surface area contributed by atoms with Crippen molar-refractivity contribution in [2.75, 3.05) is 0 Å². The fraction of sp³-hybridized carbons (Fsp3) is 0.353. The molecule has 0 bridgehead atoms. The minimum absolute atomic E-state index is 0.00902. The molecule has 0 saturated carbocycles. The highest BCUT2D eigenvalue weighted by atomic mass is 16.3. The monoisotopic (exact) mass is 271 g/mol. The van der Waals surface area contributed by atoms with Crippen LogP contribution in [0.15, 0.2) is 46.9 Å². The van der Waals surface area contributed by atoms with Crippen LogP contribution in [-0.4, -0.2) is 5.91 Å². The van der Waals surface area contributed by atoms with Crippen LogP contribution >= 0.6 is 0 Å². The zero-order chi connectivity index (χ0) is 14.8. The first-order chi connectivity index (χ1) is 9.41. The average molecular weight is 271 g/mol. The highest BCUT2D eigenvalue weighted by molar-refractivity contribution is 5.87. The van der Waals surface area contributed by atoms with Crippen LogP contribution in [0.3, 0.4) is 0 Å². The van der Waals surface area contributed by atoms with E-state index in [1.807, 2.05) is 70.2 Å². The largest absolute Gasteiger partial charge is 0.464 e. The lowest BCUT2D eigenvalue weighted by atomic mass is 9.83. The Morgan fingerprint density at radius 2 is 1.80 bits per heavy atom. The molecule has 0 fully saturated rings. The van der Waals surface area contributed by atoms with Crippen LogP contribution in [0.4, 0.5) is 0 Å². The number of hydrogen-bond donors (Lipinski definition) is 1. The summed E-state index contributed by atoms with van der Waals surface area (Å²) in [6.07, 6.45) is 0. The van der Waals surface area contributed by atoms with Gasteiger partial charge in [-0.05, 0) is 45.4 Å². The van der Waals surface area contributed by atoms with Crippen LogP contribution in [0.1, 0.15) is 43.9 Å². The summed E-state index contributed by atoms with van der Waals surface area (Å²) in [5.41, 5.74) is 0.428. The Bertz CT molecular complexity index is 584. The number of carbonyl (C=O) groups is 1. The molecule has 1 N–H and O–H groups in total. The van der Waals surface area contributed by atoms with Crippen LogP contribution in [0, 0.1) is 6.92 Å². The van der Waals surface area contributed by atoms with Gasteiger partial charge in [0.05, 0.1) is 11.5 Å². The summed E-state index contributed by atoms with van der Waals surface area (Å²) >= 11 is 0. The van der Waals surface area contributed by atoms with Gasteiger partial charge < -0.3 is 9.73 Å². The van der Waals surface area contributed by atoms with Crippen molar-refractivity contribution in [1.29, 1.82) is 0 Å². The van der Waals surface area contributed by atoms with Crippen molar-refractivity contribution in [3.8, 4) is 0 Å². The van der Waals surface area contributed by atoms with E-state index in [1.165, 1.54) is 0 Å². The van der Waals surface area contributed by atoms with Gasteiger partial charge in [-0.2, -0.15) is 0 Å². The lowest BCUT2D eigenvalue weighted by molar-refractivity contribution is -0.126. The molecule has 0 saturated heterocycles. The van der Waals surface area contributed by atoms with Crippen molar-refractivity contribution >= 4 is 5.91 Å². The van der Waals surface area contributed by atoms with Crippen LogP contribution in [-0.2, 0) is 10.2 Å². The molecule has 106 valence electrons. The second kappa shape index (κ2) is 5.53. The summed E-state index contributed by atoms with van der Waals surface area (Å²) < 4.78 is 5.55. The maximum atomic E-state index is 12.5. The fourth-order valence-corrected chi connectivity index (χ4v) is 2.12. The number of aryl methyl sites for hydroxylation is 1. The molecule has 0 aliphatic carbocycles. The lowest BCUT2D eigenvalue weighted by Crippen LogP contribution is -2.41. The maximum absolute atomic E-state index is 12.5. The predicted octanol–water partition coefficient (Wildman–Crippen LogP) is 3.74. The molecule has 3 heteroatoms. The molecule has 1 aromatic carbocycles. The van der Waals surface area contributed by atoms with Gasteiger partial charge in [-0.1, -0.05) is 30.3 Å². The van der Waals surface area contributed by atoms with E-state index in [2.05, 4.69) is 5.32 Å². The van der Waals surface area contributed by atoms with Gasteiger partial charge >= 0.3 is 0 Å². The minimum Gasteiger partial charge on any atom is -0.464 e. The van der Waals surface area contributed by atoms with E-state index in [1.54, 1.807) is 0 Å². The van der Waals surface area contributed by atoms with Crippen molar-refractivity contribution in [3.05, 3.63) is 59.5 Å². The lowest BCUT2D eigenvalue weighted by Gasteiger charge is -2.26. The summed E-state index contributed by atoms with van der Waals surface area (Å²) in [6, 6.07) is 13.5. The molecule has 3 nitrogen and oxygen atoms in total. The summed E-state index contributed by atoms with van der Waals surface area (Å²) in [6.45, 7) is 7.68. The van der Waals surface area contributed by atoms with Gasteiger partial charge in [0.15, 0.2) is 0 Å². The number of amides is 1. The zero-order valence-corrected chi connectivity index (χ0v) is 12.4. The van der Waals surface area contributed by atoms with Crippen LogP contribution in [0.5, 0.6) is 0 Å². The molecule has 1 heterocycles. The van der Waals surface area contributed by atoms with E-state index >= 15 is 0 Å².